The predicted octanol–water partition coefficient (Wildman–Crippen LogP) is 4.32. The predicted molar refractivity (Wildman–Crippen MR) is 104 cm³/mol. The number of nitrogens with zero attached hydrogens (tertiary/aromatic N) is 2. The van der Waals surface area contributed by atoms with Crippen LogP contribution in [0.15, 0.2) is 54.0 Å². The van der Waals surface area contributed by atoms with Crippen LogP contribution in [0.1, 0.15) is 11.1 Å². The number of aryl methyl sites for hydroxylation is 1. The van der Waals surface area contributed by atoms with Gasteiger partial charge in [-0.1, -0.05) is 24.3 Å². The molecule has 2 heterocycles. The van der Waals surface area contributed by atoms with Crippen molar-refractivity contribution in [1.82, 2.24) is 20.3 Å². The summed E-state index contributed by atoms with van der Waals surface area (Å²) in [5, 5.41) is 8.49. The Morgan fingerprint density at radius 1 is 1.23 bits per heavy atom. The molecule has 26 heavy (non-hydrogen) atoms. The smallest absolute Gasteiger partial charge is 0.319 e. The minimum absolute atomic E-state index is 0.243. The van der Waals surface area contributed by atoms with Gasteiger partial charge in [0.1, 0.15) is 0 Å². The van der Waals surface area contributed by atoms with Crippen LogP contribution >= 0.6 is 11.3 Å². The van der Waals surface area contributed by atoms with Crippen LogP contribution in [0.5, 0.6) is 0 Å². The molecule has 0 spiro atoms. The number of H-pyrrole nitrogens is 1. The van der Waals surface area contributed by atoms with Crippen LogP contribution in [0.4, 0.5) is 10.5 Å². The van der Waals surface area contributed by atoms with Gasteiger partial charge in [-0.05, 0) is 36.2 Å². The highest BCUT2D eigenvalue weighted by atomic mass is 32.1. The van der Waals surface area contributed by atoms with Gasteiger partial charge in [-0.25, -0.2) is 14.8 Å². The van der Waals surface area contributed by atoms with E-state index in [4.69, 9.17) is 0 Å². The van der Waals surface area contributed by atoms with E-state index in [9.17, 15) is 4.79 Å². The van der Waals surface area contributed by atoms with Crippen LogP contribution < -0.4 is 10.6 Å². The van der Waals surface area contributed by atoms with Gasteiger partial charge in [-0.15, -0.1) is 11.3 Å². The highest BCUT2D eigenvalue weighted by Gasteiger charge is 2.09. The van der Waals surface area contributed by atoms with Gasteiger partial charge in [-0.3, -0.25) is 0 Å². The summed E-state index contributed by atoms with van der Waals surface area (Å²) in [7, 11) is 0. The molecule has 0 aliphatic heterocycles. The van der Waals surface area contributed by atoms with Crippen molar-refractivity contribution in [2.75, 3.05) is 5.32 Å². The first kappa shape index (κ1) is 16.3. The van der Waals surface area contributed by atoms with Crippen LogP contribution in [0.2, 0.25) is 0 Å². The number of nitrogens with one attached hydrogen (secondary N) is 3. The van der Waals surface area contributed by atoms with Gasteiger partial charge in [0.05, 0.1) is 11.0 Å². The number of benzene rings is 2. The number of thiazole rings is 1. The molecule has 130 valence electrons. The Morgan fingerprint density at radius 3 is 2.92 bits per heavy atom. The number of carbonyl (C=O) groups is 1. The summed E-state index contributed by atoms with van der Waals surface area (Å²) < 4.78 is 0. The molecule has 3 N–H and O–H groups in total. The Kier molecular flexibility index (Phi) is 4.37. The van der Waals surface area contributed by atoms with Gasteiger partial charge in [0.25, 0.3) is 0 Å². The van der Waals surface area contributed by atoms with Crippen molar-refractivity contribution in [2.45, 2.75) is 13.5 Å². The molecule has 0 aliphatic rings. The van der Waals surface area contributed by atoms with E-state index in [1.165, 1.54) is 11.3 Å². The molecule has 6 nitrogen and oxygen atoms in total. The molecule has 0 aliphatic carbocycles. The van der Waals surface area contributed by atoms with Crippen LogP contribution in [-0.4, -0.2) is 21.0 Å². The maximum absolute atomic E-state index is 12.2. The Labute approximate surface area is 154 Å². The van der Waals surface area contributed by atoms with E-state index < -0.39 is 0 Å². The summed E-state index contributed by atoms with van der Waals surface area (Å²) in [5.74, 6) is 0.733. The molecule has 0 unspecified atom stereocenters. The van der Waals surface area contributed by atoms with Gasteiger partial charge in [0, 0.05) is 23.8 Å². The molecule has 4 aromatic rings. The van der Waals surface area contributed by atoms with Gasteiger partial charge < -0.3 is 15.6 Å². The van der Waals surface area contributed by atoms with E-state index in [0.717, 1.165) is 33.0 Å². The Morgan fingerprint density at radius 2 is 2.12 bits per heavy atom. The van der Waals surface area contributed by atoms with E-state index in [0.29, 0.717) is 12.2 Å². The third-order valence-electron chi connectivity index (χ3n) is 4.08. The number of fused-ring (bicyclic) bond motifs is 1. The molecule has 0 saturated carbocycles. The molecule has 2 aromatic heterocycles. The van der Waals surface area contributed by atoms with E-state index >= 15 is 0 Å². The van der Waals surface area contributed by atoms with Crippen molar-refractivity contribution in [1.29, 1.82) is 0 Å². The molecule has 0 radical (unpaired) electrons. The van der Waals surface area contributed by atoms with Crippen molar-refractivity contribution >= 4 is 34.1 Å². The number of amides is 2. The average Bonchev–Trinajstić information content (AvgIpc) is 3.30. The fourth-order valence-electron chi connectivity index (χ4n) is 2.69. The lowest BCUT2D eigenvalue weighted by molar-refractivity contribution is 0.251. The van der Waals surface area contributed by atoms with Crippen molar-refractivity contribution < 1.29 is 4.79 Å². The standard InChI is InChI=1S/C19H17N5OS/c1-12-4-2-3-5-13(12)11-21-19(25)22-14-6-7-15-16(10-14)24-17(23-15)18-20-8-9-26-18/h2-10H,11H2,1H3,(H,23,24)(H2,21,22,25). The topological polar surface area (TPSA) is 82.7 Å². The molecule has 4 rings (SSSR count). The Hall–Kier alpha value is -3.19. The van der Waals surface area contributed by atoms with Gasteiger partial charge in [-0.2, -0.15) is 0 Å². The van der Waals surface area contributed by atoms with E-state index in [-0.39, 0.29) is 6.03 Å². The highest BCUT2D eigenvalue weighted by molar-refractivity contribution is 7.13. The van der Waals surface area contributed by atoms with Crippen LogP contribution in [0.25, 0.3) is 21.9 Å². The lowest BCUT2D eigenvalue weighted by Crippen LogP contribution is -2.28. The quantitative estimate of drug-likeness (QED) is 0.505. The fourth-order valence-corrected chi connectivity index (χ4v) is 3.27. The first-order valence-electron chi connectivity index (χ1n) is 8.18. The second-order valence-corrected chi connectivity index (χ2v) is 6.78. The van der Waals surface area contributed by atoms with Crippen molar-refractivity contribution in [3.05, 3.63) is 65.2 Å². The number of aromatic amines is 1. The molecule has 0 saturated heterocycles. The van der Waals surface area contributed by atoms with E-state index in [1.54, 1.807) is 6.20 Å². The summed E-state index contributed by atoms with van der Waals surface area (Å²) in [6.45, 7) is 2.51. The third-order valence-corrected chi connectivity index (χ3v) is 4.86. The van der Waals surface area contributed by atoms with Crippen LogP contribution in [0.3, 0.4) is 0 Å². The van der Waals surface area contributed by atoms with E-state index in [1.807, 2.05) is 54.8 Å². The molecule has 2 amide bonds. The normalized spacial score (nSPS) is 10.8. The highest BCUT2D eigenvalue weighted by Crippen LogP contribution is 2.24. The second-order valence-electron chi connectivity index (χ2n) is 5.89. The number of aromatic nitrogens is 3. The Bertz CT molecular complexity index is 1050. The summed E-state index contributed by atoms with van der Waals surface area (Å²) in [6, 6.07) is 13.3. The molecule has 2 aromatic carbocycles. The maximum Gasteiger partial charge on any atom is 0.319 e. The summed E-state index contributed by atoms with van der Waals surface area (Å²) in [4.78, 5) is 24.2. The maximum atomic E-state index is 12.2. The minimum Gasteiger partial charge on any atom is -0.336 e. The fraction of sp³-hybridized carbons (Fsp3) is 0.105. The molecular formula is C19H17N5OS. The summed E-state index contributed by atoms with van der Waals surface area (Å²) in [5.41, 5.74) is 4.64. The number of rotatable bonds is 4. The zero-order valence-electron chi connectivity index (χ0n) is 14.1. The minimum atomic E-state index is -0.243. The van der Waals surface area contributed by atoms with Crippen LogP contribution in [-0.2, 0) is 6.54 Å². The summed E-state index contributed by atoms with van der Waals surface area (Å²) in [6.07, 6.45) is 1.75. The van der Waals surface area contributed by atoms with Gasteiger partial charge >= 0.3 is 6.03 Å². The lowest BCUT2D eigenvalue weighted by atomic mass is 10.1. The second kappa shape index (κ2) is 6.97. The lowest BCUT2D eigenvalue weighted by Gasteiger charge is -2.09. The molecule has 0 atom stereocenters. The van der Waals surface area contributed by atoms with E-state index in [2.05, 4.69) is 25.6 Å². The molecular weight excluding hydrogens is 346 g/mol. The summed E-state index contributed by atoms with van der Waals surface area (Å²) >= 11 is 1.53. The first-order chi connectivity index (χ1) is 12.7. The zero-order valence-corrected chi connectivity index (χ0v) is 14.9. The number of hydrogen-bond acceptors (Lipinski definition) is 4. The average molecular weight is 363 g/mol. The zero-order chi connectivity index (χ0) is 17.9. The number of carbonyl (C=O) groups excluding carboxylic acids is 1. The number of imidazole rings is 1. The molecule has 7 heteroatoms. The van der Waals surface area contributed by atoms with Crippen molar-refractivity contribution in [2.24, 2.45) is 0 Å². The van der Waals surface area contributed by atoms with Gasteiger partial charge in [0.15, 0.2) is 10.8 Å². The largest absolute Gasteiger partial charge is 0.336 e. The third kappa shape index (κ3) is 3.43. The number of urea groups is 1. The molecule has 0 bridgehead atoms. The number of anilines is 1. The van der Waals surface area contributed by atoms with Gasteiger partial charge in [0.2, 0.25) is 0 Å². The van der Waals surface area contributed by atoms with Crippen molar-refractivity contribution in [3.8, 4) is 10.8 Å². The van der Waals surface area contributed by atoms with Crippen molar-refractivity contribution in [3.63, 3.8) is 0 Å². The Balaban J connectivity index is 1.45. The SMILES string of the molecule is Cc1ccccc1CNC(=O)Nc1ccc2nc(-c3nccs3)[nH]c2c1. The molecule has 0 fully saturated rings. The first-order valence-corrected chi connectivity index (χ1v) is 9.06. The van der Waals surface area contributed by atoms with Crippen LogP contribution in [0, 0.1) is 6.92 Å². The monoisotopic (exact) mass is 363 g/mol. The number of hydrogen-bond donors (Lipinski definition) is 3.